The van der Waals surface area contributed by atoms with E-state index in [2.05, 4.69) is 9.72 Å². The molecule has 1 aromatic heterocycles. The largest absolute Gasteiger partial charge is 0.481 e. The molecule has 90 valence electrons. The molecule has 0 radical (unpaired) electrons. The summed E-state index contributed by atoms with van der Waals surface area (Å²) in [6.45, 7) is 0. The summed E-state index contributed by atoms with van der Waals surface area (Å²) in [6, 6.07) is 0.614. The molecule has 0 N–H and O–H groups in total. The van der Waals surface area contributed by atoms with E-state index in [4.69, 9.17) is 10.7 Å². The third-order valence-electron chi connectivity index (χ3n) is 1.62. The fourth-order valence-electron chi connectivity index (χ4n) is 1.01. The van der Waals surface area contributed by atoms with Gasteiger partial charge in [0.15, 0.2) is 0 Å². The summed E-state index contributed by atoms with van der Waals surface area (Å²) in [5.41, 5.74) is -1.08. The Hall–Kier alpha value is -1.02. The Morgan fingerprint density at radius 2 is 2.06 bits per heavy atom. The Bertz CT molecular complexity index is 506. The summed E-state index contributed by atoms with van der Waals surface area (Å²) < 4.78 is 64.3. The molecule has 0 aliphatic heterocycles. The van der Waals surface area contributed by atoms with Crippen molar-refractivity contribution in [3.63, 3.8) is 0 Å². The second-order valence-corrected chi connectivity index (χ2v) is 5.12. The number of hydrogen-bond acceptors (Lipinski definition) is 4. The van der Waals surface area contributed by atoms with Gasteiger partial charge in [-0.3, -0.25) is 0 Å². The van der Waals surface area contributed by atoms with Gasteiger partial charge >= 0.3 is 0 Å². The van der Waals surface area contributed by atoms with Crippen molar-refractivity contribution >= 4 is 19.7 Å². The van der Waals surface area contributed by atoms with Gasteiger partial charge in [0.1, 0.15) is 4.90 Å². The molecule has 0 spiro atoms. The second kappa shape index (κ2) is 4.46. The van der Waals surface area contributed by atoms with Crippen LogP contribution in [0.25, 0.3) is 0 Å². The van der Waals surface area contributed by atoms with Gasteiger partial charge in [-0.25, -0.2) is 17.2 Å². The Morgan fingerprint density at radius 1 is 1.50 bits per heavy atom. The van der Waals surface area contributed by atoms with Crippen LogP contribution in [0.3, 0.4) is 0 Å². The SMILES string of the molecule is COc1cc(C(F)F)c(S(=O)(=O)Cl)c(F)n1. The summed E-state index contributed by atoms with van der Waals surface area (Å²) in [5.74, 6) is -2.08. The van der Waals surface area contributed by atoms with Crippen LogP contribution in [0.4, 0.5) is 13.2 Å². The summed E-state index contributed by atoms with van der Waals surface area (Å²) in [6.07, 6.45) is -3.21. The number of ether oxygens (including phenoxy) is 1. The molecule has 0 aliphatic carbocycles. The fraction of sp³-hybridized carbons (Fsp3) is 0.286. The van der Waals surface area contributed by atoms with Crippen LogP contribution in [0, 0.1) is 5.95 Å². The van der Waals surface area contributed by atoms with Crippen molar-refractivity contribution in [1.29, 1.82) is 0 Å². The third kappa shape index (κ3) is 2.56. The normalized spacial score (nSPS) is 11.9. The molecule has 0 amide bonds. The summed E-state index contributed by atoms with van der Waals surface area (Å²) >= 11 is 0. The van der Waals surface area contributed by atoms with Crippen molar-refractivity contribution < 1.29 is 26.3 Å². The van der Waals surface area contributed by atoms with Crippen LogP contribution in [-0.4, -0.2) is 20.5 Å². The maximum absolute atomic E-state index is 13.2. The topological polar surface area (TPSA) is 56.3 Å². The number of alkyl halides is 2. The lowest BCUT2D eigenvalue weighted by Crippen LogP contribution is -2.06. The van der Waals surface area contributed by atoms with E-state index in [1.54, 1.807) is 0 Å². The van der Waals surface area contributed by atoms with E-state index < -0.39 is 37.8 Å². The lowest BCUT2D eigenvalue weighted by molar-refractivity contribution is 0.146. The van der Waals surface area contributed by atoms with Crippen LogP contribution >= 0.6 is 10.7 Å². The molecule has 0 aliphatic rings. The fourth-order valence-corrected chi connectivity index (χ4v) is 2.14. The number of pyridine rings is 1. The highest BCUT2D eigenvalue weighted by Crippen LogP contribution is 2.32. The van der Waals surface area contributed by atoms with Crippen LogP contribution in [0.1, 0.15) is 12.0 Å². The van der Waals surface area contributed by atoms with Crippen molar-refractivity contribution in [3.8, 4) is 5.88 Å². The van der Waals surface area contributed by atoms with E-state index in [0.717, 1.165) is 7.11 Å². The smallest absolute Gasteiger partial charge is 0.266 e. The minimum atomic E-state index is -4.63. The van der Waals surface area contributed by atoms with E-state index >= 15 is 0 Å². The predicted octanol–water partition coefficient (Wildman–Crippen LogP) is 2.09. The highest BCUT2D eigenvalue weighted by Gasteiger charge is 2.28. The van der Waals surface area contributed by atoms with Gasteiger partial charge < -0.3 is 4.74 Å². The molecule has 1 aromatic rings. The van der Waals surface area contributed by atoms with Crippen LogP contribution in [0.2, 0.25) is 0 Å². The number of halogens is 4. The molecule has 1 rings (SSSR count). The first-order chi connectivity index (χ1) is 7.27. The molecule has 0 bridgehead atoms. The van der Waals surface area contributed by atoms with Crippen molar-refractivity contribution in [1.82, 2.24) is 4.98 Å². The van der Waals surface area contributed by atoms with Crippen molar-refractivity contribution in [3.05, 3.63) is 17.6 Å². The van der Waals surface area contributed by atoms with Crippen LogP contribution in [-0.2, 0) is 9.05 Å². The summed E-state index contributed by atoms with van der Waals surface area (Å²) in [5, 5.41) is 0. The van der Waals surface area contributed by atoms with E-state index in [1.165, 1.54) is 0 Å². The summed E-state index contributed by atoms with van der Waals surface area (Å²) in [7, 11) is 1.27. The van der Waals surface area contributed by atoms with Crippen LogP contribution in [0.5, 0.6) is 5.88 Å². The minimum absolute atomic E-state index is 0.461. The summed E-state index contributed by atoms with van der Waals surface area (Å²) in [4.78, 5) is 1.69. The highest BCUT2D eigenvalue weighted by molar-refractivity contribution is 8.13. The Balaban J connectivity index is 3.59. The first-order valence-corrected chi connectivity index (χ1v) is 6.05. The van der Waals surface area contributed by atoms with Gasteiger partial charge in [0, 0.05) is 22.3 Å². The number of hydrogen-bond donors (Lipinski definition) is 0. The second-order valence-electron chi connectivity index (χ2n) is 2.61. The van der Waals surface area contributed by atoms with Gasteiger partial charge in [0.25, 0.3) is 15.5 Å². The molecule has 4 nitrogen and oxygen atoms in total. The van der Waals surface area contributed by atoms with E-state index in [0.29, 0.717) is 6.07 Å². The van der Waals surface area contributed by atoms with E-state index in [9.17, 15) is 21.6 Å². The van der Waals surface area contributed by atoms with Gasteiger partial charge in [-0.2, -0.15) is 9.37 Å². The molecule has 0 unspecified atom stereocenters. The van der Waals surface area contributed by atoms with Crippen LogP contribution in [0.15, 0.2) is 11.0 Å². The van der Waals surface area contributed by atoms with Crippen molar-refractivity contribution in [2.24, 2.45) is 0 Å². The zero-order chi connectivity index (χ0) is 12.5. The van der Waals surface area contributed by atoms with Gasteiger partial charge in [0.2, 0.25) is 11.8 Å². The lowest BCUT2D eigenvalue weighted by atomic mass is 10.3. The molecule has 9 heteroatoms. The molecule has 16 heavy (non-hydrogen) atoms. The molecule has 1 heterocycles. The molecular weight excluding hydrogens is 271 g/mol. The average Bonchev–Trinajstić information content (AvgIpc) is 2.14. The monoisotopic (exact) mass is 275 g/mol. The van der Waals surface area contributed by atoms with Gasteiger partial charge in [-0.1, -0.05) is 0 Å². The highest BCUT2D eigenvalue weighted by atomic mass is 35.7. The number of nitrogens with zero attached hydrogens (tertiary/aromatic N) is 1. The zero-order valence-corrected chi connectivity index (χ0v) is 9.32. The van der Waals surface area contributed by atoms with Crippen molar-refractivity contribution in [2.45, 2.75) is 11.3 Å². The number of aromatic nitrogens is 1. The first-order valence-electron chi connectivity index (χ1n) is 3.74. The van der Waals surface area contributed by atoms with Gasteiger partial charge in [-0.05, 0) is 0 Å². The minimum Gasteiger partial charge on any atom is -0.481 e. The molecule has 0 fully saturated rings. The van der Waals surface area contributed by atoms with Gasteiger partial charge in [-0.15, -0.1) is 0 Å². The average molecular weight is 276 g/mol. The molecule has 0 aromatic carbocycles. The third-order valence-corrected chi connectivity index (χ3v) is 2.98. The lowest BCUT2D eigenvalue weighted by Gasteiger charge is -2.08. The Morgan fingerprint density at radius 3 is 2.44 bits per heavy atom. The number of methoxy groups -OCH3 is 1. The van der Waals surface area contributed by atoms with Gasteiger partial charge in [0.05, 0.1) is 7.11 Å². The maximum Gasteiger partial charge on any atom is 0.266 e. The van der Waals surface area contributed by atoms with E-state index in [1.807, 2.05) is 0 Å². The molecular formula is C7H5ClF3NO3S. The standard InChI is InChI=1S/C7H5ClF3NO3S/c1-15-4-2-3(6(9)10)5(7(11)12-4)16(8,13)14/h2,6H,1H3. The predicted molar refractivity (Wildman–Crippen MR) is 48.7 cm³/mol. The molecule has 0 saturated carbocycles. The Labute approximate surface area is 93.4 Å². The van der Waals surface area contributed by atoms with Crippen LogP contribution < -0.4 is 4.74 Å². The quantitative estimate of drug-likeness (QED) is 0.626. The Kier molecular flexibility index (Phi) is 3.64. The van der Waals surface area contributed by atoms with Crippen molar-refractivity contribution in [2.75, 3.05) is 7.11 Å². The molecule has 0 saturated heterocycles. The maximum atomic E-state index is 13.2. The first kappa shape index (κ1) is 13.0. The zero-order valence-electron chi connectivity index (χ0n) is 7.75. The van der Waals surface area contributed by atoms with E-state index in [-0.39, 0.29) is 0 Å². The molecule has 0 atom stereocenters. The number of rotatable bonds is 3.